The van der Waals surface area contributed by atoms with Crippen LogP contribution in [0.25, 0.3) is 0 Å². The number of nitrogens with zero attached hydrogens (tertiary/aromatic N) is 4. The fourth-order valence-corrected chi connectivity index (χ4v) is 4.29. The molecule has 1 aliphatic heterocycles. The van der Waals surface area contributed by atoms with Crippen LogP contribution in [0, 0.1) is 5.92 Å². The molecule has 0 fully saturated rings. The highest BCUT2D eigenvalue weighted by molar-refractivity contribution is 6.08. The Morgan fingerprint density at radius 1 is 1.25 bits per heavy atom. The first-order valence-corrected chi connectivity index (χ1v) is 11.7. The zero-order valence-corrected chi connectivity index (χ0v) is 20.3. The Bertz CT molecular complexity index is 1290. The normalized spacial score (nSPS) is 18.0. The monoisotopic (exact) mass is 490 g/mol. The largest absolute Gasteiger partial charge is 0.399 e. The van der Waals surface area contributed by atoms with Crippen LogP contribution in [0.1, 0.15) is 35.0 Å². The van der Waals surface area contributed by atoms with Crippen molar-refractivity contribution in [3.63, 3.8) is 0 Å². The average molecular weight is 491 g/mol. The number of aryl methyl sites for hydroxylation is 1. The lowest BCUT2D eigenvalue weighted by atomic mass is 9.82. The van der Waals surface area contributed by atoms with Crippen LogP contribution < -0.4 is 16.0 Å². The standard InChI is InChI=1S/C26H30N6O4/c1-17(5-3-4-13-32-16-21(12-14-33)29-30-32)26(36)22-15-20(10-11-23(22)31(2)25(26)35)28-24(34)18-6-8-19(27)9-7-18/h3,5-11,15-17,33,36H,4,12-14,27H2,1-2H3,(H,28,34)/b5-3+/t17-,26+/m1/s1. The number of nitrogens with two attached hydrogens (primary N) is 1. The Labute approximate surface area is 209 Å². The van der Waals surface area contributed by atoms with Gasteiger partial charge in [-0.1, -0.05) is 24.3 Å². The first kappa shape index (κ1) is 25.1. The van der Waals surface area contributed by atoms with Gasteiger partial charge in [0.05, 0.1) is 11.4 Å². The van der Waals surface area contributed by atoms with E-state index in [1.54, 1.807) is 67.3 Å². The van der Waals surface area contributed by atoms with Crippen molar-refractivity contribution < 1.29 is 19.8 Å². The van der Waals surface area contributed by atoms with E-state index in [1.807, 2.05) is 12.2 Å². The summed E-state index contributed by atoms with van der Waals surface area (Å²) >= 11 is 0. The minimum atomic E-state index is -1.77. The van der Waals surface area contributed by atoms with Crippen LogP contribution in [0.3, 0.4) is 0 Å². The Kier molecular flexibility index (Phi) is 7.18. The number of allylic oxidation sites excluding steroid dienone is 1. The van der Waals surface area contributed by atoms with Crippen LogP contribution >= 0.6 is 0 Å². The molecule has 2 amide bonds. The van der Waals surface area contributed by atoms with Gasteiger partial charge in [-0.3, -0.25) is 14.3 Å². The third-order valence-electron chi connectivity index (χ3n) is 6.39. The number of aliphatic hydroxyl groups is 2. The number of carbonyl (C=O) groups is 2. The van der Waals surface area contributed by atoms with E-state index in [-0.39, 0.29) is 12.5 Å². The van der Waals surface area contributed by atoms with E-state index >= 15 is 0 Å². The summed E-state index contributed by atoms with van der Waals surface area (Å²) in [5, 5.41) is 31.5. The summed E-state index contributed by atoms with van der Waals surface area (Å²) in [6.07, 6.45) is 6.57. The Morgan fingerprint density at radius 3 is 2.72 bits per heavy atom. The Morgan fingerprint density at radius 2 is 2.00 bits per heavy atom. The maximum Gasteiger partial charge on any atom is 0.264 e. The summed E-state index contributed by atoms with van der Waals surface area (Å²) in [4.78, 5) is 27.2. The zero-order valence-electron chi connectivity index (χ0n) is 20.3. The maximum absolute atomic E-state index is 13.1. The summed E-state index contributed by atoms with van der Waals surface area (Å²) in [6, 6.07) is 11.6. The molecule has 2 heterocycles. The van der Waals surface area contributed by atoms with Gasteiger partial charge in [0, 0.05) is 61.2 Å². The van der Waals surface area contributed by atoms with Crippen molar-refractivity contribution >= 4 is 28.9 Å². The highest BCUT2D eigenvalue weighted by Gasteiger charge is 2.51. The van der Waals surface area contributed by atoms with Crippen molar-refractivity contribution in [1.82, 2.24) is 15.0 Å². The van der Waals surface area contributed by atoms with Gasteiger partial charge in [0.15, 0.2) is 5.60 Å². The van der Waals surface area contributed by atoms with E-state index in [4.69, 9.17) is 10.8 Å². The Balaban J connectivity index is 1.49. The van der Waals surface area contributed by atoms with E-state index < -0.39 is 17.4 Å². The number of fused-ring (bicyclic) bond motifs is 1. The number of likely N-dealkylation sites (N-methyl/N-ethyl adjacent to an activating group) is 1. The summed E-state index contributed by atoms with van der Waals surface area (Å²) in [5.74, 6) is -1.28. The van der Waals surface area contributed by atoms with Gasteiger partial charge in [-0.05, 0) is 48.9 Å². The van der Waals surface area contributed by atoms with Gasteiger partial charge in [0.25, 0.3) is 11.8 Å². The molecule has 5 N–H and O–H groups in total. The zero-order chi connectivity index (χ0) is 25.9. The minimum Gasteiger partial charge on any atom is -0.399 e. The molecule has 10 nitrogen and oxygen atoms in total. The molecule has 10 heteroatoms. The van der Waals surface area contributed by atoms with E-state index in [0.29, 0.717) is 47.6 Å². The molecule has 2 aromatic carbocycles. The molecule has 0 saturated heterocycles. The van der Waals surface area contributed by atoms with E-state index in [2.05, 4.69) is 15.6 Å². The van der Waals surface area contributed by atoms with Crippen molar-refractivity contribution in [3.8, 4) is 0 Å². The SMILES string of the molecule is C[C@H](/C=C/CCn1cc(CCO)nn1)[C@@]1(O)C(=O)N(C)c2ccc(NC(=O)c3ccc(N)cc3)cc21. The third kappa shape index (κ3) is 4.86. The number of rotatable bonds is 9. The molecule has 188 valence electrons. The van der Waals surface area contributed by atoms with Crippen LogP contribution in [0.15, 0.2) is 60.8 Å². The van der Waals surface area contributed by atoms with Gasteiger partial charge in [0.1, 0.15) is 0 Å². The molecule has 0 unspecified atom stereocenters. The van der Waals surface area contributed by atoms with Gasteiger partial charge in [-0.15, -0.1) is 5.10 Å². The highest BCUT2D eigenvalue weighted by atomic mass is 16.3. The Hall–Kier alpha value is -4.02. The average Bonchev–Trinajstić information content (AvgIpc) is 3.39. The van der Waals surface area contributed by atoms with Crippen LogP contribution in [-0.4, -0.2) is 50.7 Å². The molecule has 0 spiro atoms. The van der Waals surface area contributed by atoms with Gasteiger partial charge in [-0.2, -0.15) is 0 Å². The highest BCUT2D eigenvalue weighted by Crippen LogP contribution is 2.45. The number of benzene rings is 2. The van der Waals surface area contributed by atoms with Crippen LogP contribution in [0.5, 0.6) is 0 Å². The lowest BCUT2D eigenvalue weighted by Gasteiger charge is -2.27. The predicted molar refractivity (Wildman–Crippen MR) is 136 cm³/mol. The first-order chi connectivity index (χ1) is 17.2. The molecule has 1 aliphatic rings. The maximum atomic E-state index is 13.1. The molecular weight excluding hydrogens is 460 g/mol. The van der Waals surface area contributed by atoms with Crippen molar-refractivity contribution in [3.05, 3.63) is 77.6 Å². The predicted octanol–water partition coefficient (Wildman–Crippen LogP) is 2.09. The molecule has 2 atom stereocenters. The van der Waals surface area contributed by atoms with Crippen molar-refractivity contribution in [2.45, 2.75) is 31.9 Å². The van der Waals surface area contributed by atoms with E-state index in [9.17, 15) is 14.7 Å². The number of carbonyl (C=O) groups excluding carboxylic acids is 2. The van der Waals surface area contributed by atoms with Crippen LogP contribution in [-0.2, 0) is 23.4 Å². The quantitative estimate of drug-likeness (QED) is 0.265. The second-order valence-electron chi connectivity index (χ2n) is 8.89. The smallest absolute Gasteiger partial charge is 0.264 e. The van der Waals surface area contributed by atoms with Crippen LogP contribution in [0.2, 0.25) is 0 Å². The molecule has 1 aromatic heterocycles. The number of aliphatic hydroxyl groups excluding tert-OH is 1. The van der Waals surface area contributed by atoms with Gasteiger partial charge in [-0.25, -0.2) is 0 Å². The number of aromatic nitrogens is 3. The number of nitrogen functional groups attached to an aromatic ring is 1. The van der Waals surface area contributed by atoms with Crippen molar-refractivity contribution in [1.29, 1.82) is 0 Å². The topological polar surface area (TPSA) is 147 Å². The second kappa shape index (κ2) is 10.3. The fourth-order valence-electron chi connectivity index (χ4n) is 4.29. The minimum absolute atomic E-state index is 0.0193. The summed E-state index contributed by atoms with van der Waals surface area (Å²) in [5.41, 5.74) is 7.14. The molecular formula is C26H30N6O4. The molecule has 4 rings (SSSR count). The van der Waals surface area contributed by atoms with Crippen LogP contribution in [0.4, 0.5) is 17.1 Å². The molecule has 0 bridgehead atoms. The summed E-state index contributed by atoms with van der Waals surface area (Å²) in [6.45, 7) is 2.38. The fraction of sp³-hybridized carbons (Fsp3) is 0.308. The molecule has 36 heavy (non-hydrogen) atoms. The third-order valence-corrected chi connectivity index (χ3v) is 6.39. The first-order valence-electron chi connectivity index (χ1n) is 11.7. The van der Waals surface area contributed by atoms with Gasteiger partial charge in [0.2, 0.25) is 0 Å². The molecule has 0 aliphatic carbocycles. The van der Waals surface area contributed by atoms with Crippen molar-refractivity contribution in [2.75, 3.05) is 29.6 Å². The number of nitrogens with one attached hydrogen (secondary N) is 1. The van der Waals surface area contributed by atoms with Gasteiger partial charge < -0.3 is 26.2 Å². The number of amides is 2. The molecule has 0 radical (unpaired) electrons. The molecule has 0 saturated carbocycles. The van der Waals surface area contributed by atoms with E-state index in [0.717, 1.165) is 5.69 Å². The summed E-state index contributed by atoms with van der Waals surface area (Å²) in [7, 11) is 1.62. The lowest BCUT2D eigenvalue weighted by molar-refractivity contribution is -0.139. The number of anilines is 3. The van der Waals surface area contributed by atoms with Crippen molar-refractivity contribution in [2.24, 2.45) is 5.92 Å². The number of hydrogen-bond donors (Lipinski definition) is 4. The summed E-state index contributed by atoms with van der Waals surface area (Å²) < 4.78 is 1.69. The molecule has 3 aromatic rings. The van der Waals surface area contributed by atoms with Gasteiger partial charge >= 0.3 is 0 Å². The second-order valence-corrected chi connectivity index (χ2v) is 8.89. The number of hydrogen-bond acceptors (Lipinski definition) is 7. The lowest BCUT2D eigenvalue weighted by Crippen LogP contribution is -2.43. The van der Waals surface area contributed by atoms with E-state index in [1.165, 1.54) is 4.90 Å².